The summed E-state index contributed by atoms with van der Waals surface area (Å²) >= 11 is 0. The molecular weight excluding hydrogens is 200 g/mol. The van der Waals surface area contributed by atoms with Crippen molar-refractivity contribution < 1.29 is 4.79 Å². The lowest BCUT2D eigenvalue weighted by molar-refractivity contribution is -0.127. The van der Waals surface area contributed by atoms with Crippen molar-refractivity contribution in [3.8, 4) is 0 Å². The minimum absolute atomic E-state index is 0.184. The van der Waals surface area contributed by atoms with Gasteiger partial charge in [0, 0.05) is 6.54 Å². The molecule has 0 bridgehead atoms. The number of unbranched alkanes of at least 4 members (excludes halogenated alkanes) is 3. The van der Waals surface area contributed by atoms with Crippen molar-refractivity contribution in [2.75, 3.05) is 13.1 Å². The number of carbonyl (C=O) groups excluding carboxylic acids is 1. The van der Waals surface area contributed by atoms with Gasteiger partial charge in [-0.05, 0) is 39.2 Å². The molecule has 0 saturated carbocycles. The number of rotatable bonds is 6. The number of piperidine rings is 1. The van der Waals surface area contributed by atoms with Gasteiger partial charge >= 0.3 is 0 Å². The molecule has 0 aromatic carbocycles. The summed E-state index contributed by atoms with van der Waals surface area (Å²) in [5.41, 5.74) is -0.316. The van der Waals surface area contributed by atoms with E-state index < -0.39 is 0 Å². The Hall–Kier alpha value is -0.570. The van der Waals surface area contributed by atoms with Gasteiger partial charge < -0.3 is 10.6 Å². The fourth-order valence-electron chi connectivity index (χ4n) is 2.20. The van der Waals surface area contributed by atoms with Gasteiger partial charge in [0.25, 0.3) is 0 Å². The lowest BCUT2D eigenvalue weighted by atomic mass is 9.90. The van der Waals surface area contributed by atoms with Crippen molar-refractivity contribution in [1.29, 1.82) is 0 Å². The van der Waals surface area contributed by atoms with Gasteiger partial charge in [-0.3, -0.25) is 4.79 Å². The van der Waals surface area contributed by atoms with Crippen LogP contribution in [0.25, 0.3) is 0 Å². The fourth-order valence-corrected chi connectivity index (χ4v) is 2.20. The van der Waals surface area contributed by atoms with Gasteiger partial charge in [-0.25, -0.2) is 0 Å². The molecule has 0 aromatic heterocycles. The highest BCUT2D eigenvalue weighted by Crippen LogP contribution is 2.18. The second kappa shape index (κ2) is 6.89. The molecule has 1 atom stereocenters. The molecule has 1 aliphatic rings. The quantitative estimate of drug-likeness (QED) is 0.682. The first-order valence-electron chi connectivity index (χ1n) is 6.72. The third-order valence-corrected chi connectivity index (χ3v) is 3.44. The maximum Gasteiger partial charge on any atom is 0.240 e. The van der Waals surface area contributed by atoms with Crippen LogP contribution in [0.2, 0.25) is 0 Å². The standard InChI is InChI=1S/C13H26N2O/c1-3-4-5-7-10-14-12(16)13(2)9-6-8-11-15-13/h15H,3-11H2,1-2H3,(H,14,16). The van der Waals surface area contributed by atoms with Gasteiger partial charge in [0.15, 0.2) is 0 Å². The molecule has 1 rings (SSSR count). The van der Waals surface area contributed by atoms with Crippen LogP contribution in [-0.2, 0) is 4.79 Å². The Morgan fingerprint density at radius 2 is 2.12 bits per heavy atom. The van der Waals surface area contributed by atoms with Crippen molar-refractivity contribution in [3.63, 3.8) is 0 Å². The second-order valence-corrected chi connectivity index (χ2v) is 5.03. The maximum absolute atomic E-state index is 12.0. The molecule has 0 aliphatic carbocycles. The van der Waals surface area contributed by atoms with Crippen LogP contribution in [-0.4, -0.2) is 24.5 Å². The van der Waals surface area contributed by atoms with Crippen LogP contribution in [0.15, 0.2) is 0 Å². The number of nitrogens with one attached hydrogen (secondary N) is 2. The molecule has 1 aliphatic heterocycles. The molecule has 2 N–H and O–H groups in total. The monoisotopic (exact) mass is 226 g/mol. The van der Waals surface area contributed by atoms with E-state index in [2.05, 4.69) is 17.6 Å². The SMILES string of the molecule is CCCCCCNC(=O)C1(C)CCCCN1. The van der Waals surface area contributed by atoms with Gasteiger partial charge in [0.2, 0.25) is 5.91 Å². The fraction of sp³-hybridized carbons (Fsp3) is 0.923. The highest BCUT2D eigenvalue weighted by Gasteiger charge is 2.33. The van der Waals surface area contributed by atoms with Crippen molar-refractivity contribution in [1.82, 2.24) is 10.6 Å². The van der Waals surface area contributed by atoms with E-state index >= 15 is 0 Å². The normalized spacial score (nSPS) is 25.4. The van der Waals surface area contributed by atoms with Gasteiger partial charge in [-0.1, -0.05) is 26.2 Å². The van der Waals surface area contributed by atoms with E-state index in [1.807, 2.05) is 6.92 Å². The van der Waals surface area contributed by atoms with Crippen LogP contribution >= 0.6 is 0 Å². The minimum atomic E-state index is -0.316. The van der Waals surface area contributed by atoms with E-state index in [1.165, 1.54) is 25.7 Å². The number of hydrogen-bond acceptors (Lipinski definition) is 2. The molecule has 3 nitrogen and oxygen atoms in total. The van der Waals surface area contributed by atoms with E-state index in [-0.39, 0.29) is 11.4 Å². The van der Waals surface area contributed by atoms with Crippen LogP contribution in [0, 0.1) is 0 Å². The number of hydrogen-bond donors (Lipinski definition) is 2. The molecule has 0 spiro atoms. The van der Waals surface area contributed by atoms with E-state index in [0.717, 1.165) is 32.4 Å². The van der Waals surface area contributed by atoms with Crippen molar-refractivity contribution in [3.05, 3.63) is 0 Å². The van der Waals surface area contributed by atoms with Gasteiger partial charge in [-0.15, -0.1) is 0 Å². The van der Waals surface area contributed by atoms with Crippen LogP contribution < -0.4 is 10.6 Å². The Balaban J connectivity index is 2.18. The molecule has 0 radical (unpaired) electrons. The number of amides is 1. The molecule has 1 unspecified atom stereocenters. The Morgan fingerprint density at radius 3 is 2.75 bits per heavy atom. The summed E-state index contributed by atoms with van der Waals surface area (Å²) in [5, 5.41) is 6.39. The predicted octanol–water partition coefficient (Wildman–Crippen LogP) is 2.22. The summed E-state index contributed by atoms with van der Waals surface area (Å²) in [6, 6.07) is 0. The average molecular weight is 226 g/mol. The van der Waals surface area contributed by atoms with Gasteiger partial charge in [0.05, 0.1) is 5.54 Å². The first kappa shape index (κ1) is 13.5. The van der Waals surface area contributed by atoms with E-state index in [1.54, 1.807) is 0 Å². The van der Waals surface area contributed by atoms with Crippen molar-refractivity contribution >= 4 is 5.91 Å². The highest BCUT2D eigenvalue weighted by atomic mass is 16.2. The molecule has 3 heteroatoms. The second-order valence-electron chi connectivity index (χ2n) is 5.03. The first-order valence-corrected chi connectivity index (χ1v) is 6.72. The first-order chi connectivity index (χ1) is 7.69. The molecule has 94 valence electrons. The molecule has 1 fully saturated rings. The maximum atomic E-state index is 12.0. The number of carbonyl (C=O) groups is 1. The van der Waals surface area contributed by atoms with Crippen molar-refractivity contribution in [2.45, 2.75) is 64.3 Å². The van der Waals surface area contributed by atoms with Gasteiger partial charge in [-0.2, -0.15) is 0 Å². The summed E-state index contributed by atoms with van der Waals surface area (Å²) in [6.07, 6.45) is 8.16. The summed E-state index contributed by atoms with van der Waals surface area (Å²) < 4.78 is 0. The summed E-state index contributed by atoms with van der Waals surface area (Å²) in [7, 11) is 0. The molecule has 0 aromatic rings. The molecule has 1 heterocycles. The third-order valence-electron chi connectivity index (χ3n) is 3.44. The smallest absolute Gasteiger partial charge is 0.240 e. The molecule has 1 amide bonds. The van der Waals surface area contributed by atoms with Crippen LogP contribution in [0.3, 0.4) is 0 Å². The molecule has 1 saturated heterocycles. The minimum Gasteiger partial charge on any atom is -0.355 e. The molecule has 16 heavy (non-hydrogen) atoms. The zero-order valence-electron chi connectivity index (χ0n) is 10.8. The molecular formula is C13H26N2O. The van der Waals surface area contributed by atoms with Crippen LogP contribution in [0.5, 0.6) is 0 Å². The zero-order chi connectivity index (χ0) is 11.9. The lowest BCUT2D eigenvalue weighted by Gasteiger charge is -2.33. The Bertz CT molecular complexity index is 210. The van der Waals surface area contributed by atoms with E-state index in [0.29, 0.717) is 0 Å². The van der Waals surface area contributed by atoms with E-state index in [9.17, 15) is 4.79 Å². The van der Waals surface area contributed by atoms with E-state index in [4.69, 9.17) is 0 Å². The lowest BCUT2D eigenvalue weighted by Crippen LogP contribution is -2.57. The zero-order valence-corrected chi connectivity index (χ0v) is 10.8. The summed E-state index contributed by atoms with van der Waals surface area (Å²) in [4.78, 5) is 12.0. The Kier molecular flexibility index (Phi) is 5.81. The Labute approximate surface area is 99.4 Å². The Morgan fingerprint density at radius 1 is 1.31 bits per heavy atom. The highest BCUT2D eigenvalue weighted by molar-refractivity contribution is 5.85. The third kappa shape index (κ3) is 4.12. The largest absolute Gasteiger partial charge is 0.355 e. The van der Waals surface area contributed by atoms with Crippen LogP contribution in [0.4, 0.5) is 0 Å². The summed E-state index contributed by atoms with van der Waals surface area (Å²) in [5.74, 6) is 0.184. The van der Waals surface area contributed by atoms with Crippen molar-refractivity contribution in [2.24, 2.45) is 0 Å². The van der Waals surface area contributed by atoms with Gasteiger partial charge in [0.1, 0.15) is 0 Å². The predicted molar refractivity (Wildman–Crippen MR) is 67.4 cm³/mol. The topological polar surface area (TPSA) is 41.1 Å². The summed E-state index contributed by atoms with van der Waals surface area (Å²) in [6.45, 7) is 6.02. The average Bonchev–Trinajstić information content (AvgIpc) is 2.29. The van der Waals surface area contributed by atoms with Crippen LogP contribution in [0.1, 0.15) is 58.8 Å².